The minimum atomic E-state index is -1.21. The second-order valence-electron chi connectivity index (χ2n) is 5.40. The van der Waals surface area contributed by atoms with E-state index in [2.05, 4.69) is 13.8 Å². The summed E-state index contributed by atoms with van der Waals surface area (Å²) in [5.74, 6) is 0.0647. The highest BCUT2D eigenvalue weighted by atomic mass is 16.5. The molecule has 4 nitrogen and oxygen atoms in total. The third-order valence-corrected chi connectivity index (χ3v) is 3.91. The van der Waals surface area contributed by atoms with Crippen LogP contribution in [0.3, 0.4) is 0 Å². The van der Waals surface area contributed by atoms with Gasteiger partial charge in [0.05, 0.1) is 0 Å². The van der Waals surface area contributed by atoms with E-state index in [1.54, 1.807) is 0 Å². The van der Waals surface area contributed by atoms with Crippen molar-refractivity contribution in [3.63, 3.8) is 0 Å². The lowest BCUT2D eigenvalue weighted by Gasteiger charge is -2.04. The molecule has 1 saturated carbocycles. The lowest BCUT2D eigenvalue weighted by Crippen LogP contribution is -2.03. The maximum absolute atomic E-state index is 10.6. The molecule has 2 unspecified atom stereocenters. The molecule has 3 N–H and O–H groups in total. The van der Waals surface area contributed by atoms with Gasteiger partial charge < -0.3 is 15.3 Å². The van der Waals surface area contributed by atoms with Crippen molar-refractivity contribution >= 4 is 5.97 Å². The summed E-state index contributed by atoms with van der Waals surface area (Å²) in [5.41, 5.74) is 0.149. The highest BCUT2D eigenvalue weighted by Crippen LogP contribution is 2.62. The second-order valence-corrected chi connectivity index (χ2v) is 5.40. The van der Waals surface area contributed by atoms with E-state index in [0.717, 1.165) is 19.3 Å². The van der Waals surface area contributed by atoms with Gasteiger partial charge in [-0.25, -0.2) is 0 Å². The van der Waals surface area contributed by atoms with Crippen molar-refractivity contribution in [2.24, 2.45) is 17.3 Å². The van der Waals surface area contributed by atoms with Crippen molar-refractivity contribution in [2.75, 3.05) is 0 Å². The molecule has 94 valence electrons. The molecule has 0 aromatic heterocycles. The summed E-state index contributed by atoms with van der Waals surface area (Å²) in [6, 6.07) is 0. The molecular formula is C12H22O4. The zero-order valence-corrected chi connectivity index (χ0v) is 10.0. The first-order valence-corrected chi connectivity index (χ1v) is 5.93. The van der Waals surface area contributed by atoms with E-state index in [9.17, 15) is 4.79 Å². The van der Waals surface area contributed by atoms with Crippen molar-refractivity contribution in [2.45, 2.75) is 52.2 Å². The zero-order valence-electron chi connectivity index (χ0n) is 10.0. The van der Waals surface area contributed by atoms with Crippen molar-refractivity contribution in [3.8, 4) is 0 Å². The van der Waals surface area contributed by atoms with Crippen LogP contribution in [0, 0.1) is 17.3 Å². The average Bonchev–Trinajstić information content (AvgIpc) is 2.61. The Morgan fingerprint density at radius 3 is 2.38 bits per heavy atom. The van der Waals surface area contributed by atoms with Crippen LogP contribution >= 0.6 is 0 Å². The number of hydrogen-bond donors (Lipinski definition) is 3. The molecule has 0 heterocycles. The molecule has 4 heteroatoms. The van der Waals surface area contributed by atoms with Crippen LogP contribution in [0.2, 0.25) is 0 Å². The van der Waals surface area contributed by atoms with Gasteiger partial charge in [0, 0.05) is 6.42 Å². The Morgan fingerprint density at radius 2 is 1.88 bits per heavy atom. The molecule has 1 aliphatic carbocycles. The SMILES string of the molecule is CC1(C)C(CCCCC(O)O)C1CC(=O)O. The van der Waals surface area contributed by atoms with Crippen LogP contribution in [-0.4, -0.2) is 27.6 Å². The van der Waals surface area contributed by atoms with Crippen molar-refractivity contribution in [1.29, 1.82) is 0 Å². The first-order valence-electron chi connectivity index (χ1n) is 5.93. The number of aliphatic hydroxyl groups is 2. The van der Waals surface area contributed by atoms with E-state index in [1.807, 2.05) is 0 Å². The van der Waals surface area contributed by atoms with E-state index in [-0.39, 0.29) is 11.8 Å². The fourth-order valence-corrected chi connectivity index (χ4v) is 2.72. The van der Waals surface area contributed by atoms with E-state index in [1.165, 1.54) is 0 Å². The Kier molecular flexibility index (Phi) is 4.33. The Bertz CT molecular complexity index is 247. The van der Waals surface area contributed by atoms with Gasteiger partial charge in [-0.05, 0) is 36.5 Å². The maximum atomic E-state index is 10.6. The van der Waals surface area contributed by atoms with Gasteiger partial charge in [-0.15, -0.1) is 0 Å². The molecule has 0 saturated heterocycles. The fraction of sp³-hybridized carbons (Fsp3) is 0.917. The molecule has 0 aliphatic heterocycles. The summed E-state index contributed by atoms with van der Waals surface area (Å²) < 4.78 is 0. The van der Waals surface area contributed by atoms with E-state index >= 15 is 0 Å². The van der Waals surface area contributed by atoms with Gasteiger partial charge in [-0.3, -0.25) is 4.79 Å². The number of hydrogen-bond acceptors (Lipinski definition) is 3. The molecule has 0 radical (unpaired) electrons. The molecule has 16 heavy (non-hydrogen) atoms. The highest BCUT2D eigenvalue weighted by molar-refractivity contribution is 5.67. The molecule has 2 atom stereocenters. The summed E-state index contributed by atoms with van der Waals surface area (Å²) in [5, 5.41) is 26.1. The summed E-state index contributed by atoms with van der Waals surface area (Å²) in [4.78, 5) is 10.6. The summed E-state index contributed by atoms with van der Waals surface area (Å²) in [6.45, 7) is 4.23. The molecule has 1 fully saturated rings. The Balaban J connectivity index is 2.21. The van der Waals surface area contributed by atoms with Gasteiger partial charge in [-0.2, -0.15) is 0 Å². The number of carboxylic acids is 1. The first kappa shape index (κ1) is 13.5. The quantitative estimate of drug-likeness (QED) is 0.458. The molecule has 0 spiro atoms. The van der Waals surface area contributed by atoms with Crippen molar-refractivity contribution < 1.29 is 20.1 Å². The molecule has 0 amide bonds. The van der Waals surface area contributed by atoms with Crippen molar-refractivity contribution in [3.05, 3.63) is 0 Å². The fourth-order valence-electron chi connectivity index (χ4n) is 2.72. The lowest BCUT2D eigenvalue weighted by atomic mass is 10.0. The number of carboxylic acid groups (broad SMARTS) is 1. The Hall–Kier alpha value is -0.610. The van der Waals surface area contributed by atoms with Crippen LogP contribution in [-0.2, 0) is 4.79 Å². The predicted octanol–water partition coefficient (Wildman–Crippen LogP) is 1.60. The van der Waals surface area contributed by atoms with Crippen LogP contribution in [0.5, 0.6) is 0 Å². The molecule has 1 aliphatic rings. The largest absolute Gasteiger partial charge is 0.481 e. The smallest absolute Gasteiger partial charge is 0.303 e. The minimum Gasteiger partial charge on any atom is -0.481 e. The standard InChI is InChI=1S/C12H22O4/c1-12(2)8(9(12)7-11(15)16)5-3-4-6-10(13)14/h8-10,13-14H,3-7H2,1-2H3,(H,15,16). The van der Waals surface area contributed by atoms with Crippen LogP contribution in [0.4, 0.5) is 0 Å². The van der Waals surface area contributed by atoms with Gasteiger partial charge in [0.1, 0.15) is 0 Å². The van der Waals surface area contributed by atoms with Crippen LogP contribution in [0.15, 0.2) is 0 Å². The van der Waals surface area contributed by atoms with Gasteiger partial charge in [0.25, 0.3) is 0 Å². The minimum absolute atomic E-state index is 0.149. The number of aliphatic carboxylic acids is 1. The molecule has 0 aromatic carbocycles. The number of unbranched alkanes of at least 4 members (excludes halogenated alkanes) is 1. The lowest BCUT2D eigenvalue weighted by molar-refractivity contribution is -0.137. The summed E-state index contributed by atoms with van der Waals surface area (Å²) in [7, 11) is 0. The topological polar surface area (TPSA) is 77.8 Å². The van der Waals surface area contributed by atoms with Gasteiger partial charge in [0.2, 0.25) is 0 Å². The predicted molar refractivity (Wildman–Crippen MR) is 59.7 cm³/mol. The monoisotopic (exact) mass is 230 g/mol. The Morgan fingerprint density at radius 1 is 1.25 bits per heavy atom. The second kappa shape index (κ2) is 5.15. The number of rotatable bonds is 7. The van der Waals surface area contributed by atoms with Crippen LogP contribution in [0.25, 0.3) is 0 Å². The van der Waals surface area contributed by atoms with Crippen molar-refractivity contribution in [1.82, 2.24) is 0 Å². The number of carbonyl (C=O) groups is 1. The maximum Gasteiger partial charge on any atom is 0.303 e. The normalized spacial score (nSPS) is 27.1. The average molecular weight is 230 g/mol. The highest BCUT2D eigenvalue weighted by Gasteiger charge is 2.56. The van der Waals surface area contributed by atoms with Crippen LogP contribution in [0.1, 0.15) is 46.0 Å². The van der Waals surface area contributed by atoms with Gasteiger partial charge in [-0.1, -0.05) is 20.3 Å². The van der Waals surface area contributed by atoms with E-state index < -0.39 is 12.3 Å². The molecule has 0 bridgehead atoms. The Labute approximate surface area is 96.3 Å². The third-order valence-electron chi connectivity index (χ3n) is 3.91. The zero-order chi connectivity index (χ0) is 12.3. The van der Waals surface area contributed by atoms with E-state index in [4.69, 9.17) is 15.3 Å². The molecule has 1 rings (SSSR count). The van der Waals surface area contributed by atoms with Gasteiger partial charge in [0.15, 0.2) is 6.29 Å². The van der Waals surface area contributed by atoms with Gasteiger partial charge >= 0.3 is 5.97 Å². The summed E-state index contributed by atoms with van der Waals surface area (Å²) in [6.07, 6.45) is 2.21. The van der Waals surface area contributed by atoms with Crippen LogP contribution < -0.4 is 0 Å². The van der Waals surface area contributed by atoms with E-state index in [0.29, 0.717) is 18.3 Å². The number of aliphatic hydroxyl groups excluding tert-OH is 1. The molecular weight excluding hydrogens is 208 g/mol. The molecule has 0 aromatic rings. The summed E-state index contributed by atoms with van der Waals surface area (Å²) >= 11 is 0. The third kappa shape index (κ3) is 3.46. The first-order chi connectivity index (χ1) is 7.35.